The average Bonchev–Trinajstić information content (AvgIpc) is 2.44. The maximum absolute atomic E-state index is 12.1. The van der Waals surface area contributed by atoms with Gasteiger partial charge in [-0.05, 0) is 41.0 Å². The molecular weight excluding hydrogens is 471 g/mol. The Balaban J connectivity index is 0.00000625. The number of nitrogens with zero attached hydrogens (tertiary/aromatic N) is 2. The van der Waals surface area contributed by atoms with Crippen molar-refractivity contribution < 1.29 is 17.9 Å². The number of ether oxygens (including phenoxy) is 1. The van der Waals surface area contributed by atoms with E-state index < -0.39 is 26.3 Å². The zero-order chi connectivity index (χ0) is 19.3. The van der Waals surface area contributed by atoms with Gasteiger partial charge in [-0.25, -0.2) is 13.2 Å². The van der Waals surface area contributed by atoms with Gasteiger partial charge in [-0.3, -0.25) is 4.99 Å². The van der Waals surface area contributed by atoms with Crippen molar-refractivity contribution in [3.63, 3.8) is 0 Å². The third-order valence-corrected chi connectivity index (χ3v) is 6.39. The summed E-state index contributed by atoms with van der Waals surface area (Å²) >= 11 is 0. The lowest BCUT2D eigenvalue weighted by atomic mass is 10.2. The summed E-state index contributed by atoms with van der Waals surface area (Å²) in [5.41, 5.74) is -0.508. The number of alkyl carbamates (subject to hydrolysis) is 1. The van der Waals surface area contributed by atoms with Crippen LogP contribution in [-0.4, -0.2) is 74.7 Å². The largest absolute Gasteiger partial charge is 0.444 e. The molecule has 0 aromatic rings. The molecule has 0 saturated carbocycles. The zero-order valence-electron chi connectivity index (χ0n) is 16.6. The van der Waals surface area contributed by atoms with Gasteiger partial charge in [0.1, 0.15) is 5.60 Å². The Kier molecular flexibility index (Phi) is 9.66. The summed E-state index contributed by atoms with van der Waals surface area (Å²) in [4.78, 5) is 17.7. The molecule has 1 rings (SSSR count). The zero-order valence-corrected chi connectivity index (χ0v) is 19.7. The van der Waals surface area contributed by atoms with Crippen LogP contribution < -0.4 is 10.6 Å². The highest BCUT2D eigenvalue weighted by Crippen LogP contribution is 2.23. The summed E-state index contributed by atoms with van der Waals surface area (Å²) in [6.07, 6.45) is 0.271. The van der Waals surface area contributed by atoms with Gasteiger partial charge in [-0.1, -0.05) is 0 Å². The quantitative estimate of drug-likeness (QED) is 0.261. The molecule has 1 heterocycles. The molecule has 1 saturated heterocycles. The topological polar surface area (TPSA) is 100 Å². The van der Waals surface area contributed by atoms with Gasteiger partial charge in [0, 0.05) is 33.2 Å². The smallest absolute Gasteiger partial charge is 0.407 e. The van der Waals surface area contributed by atoms with Crippen molar-refractivity contribution in [3.05, 3.63) is 0 Å². The number of carbonyl (C=O) groups excluding carboxylic acids is 1. The van der Waals surface area contributed by atoms with Crippen LogP contribution in [0, 0.1) is 0 Å². The molecule has 1 aliphatic rings. The minimum atomic E-state index is -3.08. The van der Waals surface area contributed by atoms with Gasteiger partial charge >= 0.3 is 6.09 Å². The molecule has 2 N–H and O–H groups in total. The van der Waals surface area contributed by atoms with Gasteiger partial charge in [0.25, 0.3) is 0 Å². The van der Waals surface area contributed by atoms with Crippen molar-refractivity contribution >= 4 is 45.9 Å². The minimum absolute atomic E-state index is 0. The van der Waals surface area contributed by atoms with Crippen molar-refractivity contribution in [2.45, 2.75) is 51.4 Å². The fraction of sp³-hybridized carbons (Fsp3) is 0.875. The number of hydrogen-bond donors (Lipinski definition) is 2. The van der Waals surface area contributed by atoms with Gasteiger partial charge < -0.3 is 20.3 Å². The maximum atomic E-state index is 12.1. The van der Waals surface area contributed by atoms with E-state index in [0.29, 0.717) is 38.6 Å². The number of hydrogen-bond acceptors (Lipinski definition) is 5. The van der Waals surface area contributed by atoms with E-state index in [-0.39, 0.29) is 29.7 Å². The molecular formula is C16H33IN4O4S. The predicted octanol–water partition coefficient (Wildman–Crippen LogP) is 1.60. The van der Waals surface area contributed by atoms with Crippen molar-refractivity contribution in [2.75, 3.05) is 39.0 Å². The molecule has 0 aliphatic carbocycles. The Bertz CT molecular complexity index is 600. The lowest BCUT2D eigenvalue weighted by Crippen LogP contribution is -2.57. The molecule has 1 amide bonds. The third kappa shape index (κ3) is 7.85. The molecule has 0 atom stereocenters. The first kappa shape index (κ1) is 25.2. The number of halogens is 1. The fourth-order valence-corrected chi connectivity index (χ4v) is 3.82. The summed E-state index contributed by atoms with van der Waals surface area (Å²) in [7, 11) is -1.40. The van der Waals surface area contributed by atoms with Gasteiger partial charge in [-0.15, -0.1) is 24.0 Å². The summed E-state index contributed by atoms with van der Waals surface area (Å²) < 4.78 is 28.5. The van der Waals surface area contributed by atoms with Crippen LogP contribution in [0.3, 0.4) is 0 Å². The molecule has 1 fully saturated rings. The highest BCUT2D eigenvalue weighted by Gasteiger charge is 2.40. The van der Waals surface area contributed by atoms with Gasteiger partial charge in [-0.2, -0.15) is 0 Å². The van der Waals surface area contributed by atoms with Crippen LogP contribution in [0.15, 0.2) is 4.99 Å². The normalized spacial score (nSPS) is 19.3. The number of nitrogens with one attached hydrogen (secondary N) is 2. The number of carbonyl (C=O) groups is 1. The standard InChI is InChI=1S/C16H32N4O4S.HI/c1-15(2,3)24-14(21)19-9-7-8-18-13(17-6)20-10-11-25(22,23)16(4,5)12-20;/h7-12H2,1-6H3,(H,17,18)(H,19,21);1H. The number of guanidine groups is 1. The Labute approximate surface area is 174 Å². The molecule has 0 bridgehead atoms. The van der Waals surface area contributed by atoms with Crippen molar-refractivity contribution in [1.82, 2.24) is 15.5 Å². The Morgan fingerprint density at radius 1 is 1.23 bits per heavy atom. The molecule has 26 heavy (non-hydrogen) atoms. The van der Waals surface area contributed by atoms with E-state index in [2.05, 4.69) is 15.6 Å². The first-order chi connectivity index (χ1) is 11.4. The summed E-state index contributed by atoms with van der Waals surface area (Å²) in [5.74, 6) is 0.807. The second kappa shape index (κ2) is 9.95. The van der Waals surface area contributed by atoms with E-state index in [1.807, 2.05) is 25.7 Å². The summed E-state index contributed by atoms with van der Waals surface area (Å²) in [5, 5.41) is 5.92. The monoisotopic (exact) mass is 504 g/mol. The number of sulfone groups is 1. The van der Waals surface area contributed by atoms with Crippen molar-refractivity contribution in [2.24, 2.45) is 4.99 Å². The SMILES string of the molecule is CN=C(NCCCNC(=O)OC(C)(C)C)N1CCS(=O)(=O)C(C)(C)C1.I. The van der Waals surface area contributed by atoms with Gasteiger partial charge in [0.2, 0.25) is 0 Å². The Morgan fingerprint density at radius 3 is 2.31 bits per heavy atom. The van der Waals surface area contributed by atoms with Crippen LogP contribution in [0.2, 0.25) is 0 Å². The summed E-state index contributed by atoms with van der Waals surface area (Å²) in [6.45, 7) is 10.9. The second-order valence-electron chi connectivity index (χ2n) is 7.76. The van der Waals surface area contributed by atoms with Crippen LogP contribution in [0.1, 0.15) is 41.0 Å². The van der Waals surface area contributed by atoms with E-state index in [1.54, 1.807) is 20.9 Å². The van der Waals surface area contributed by atoms with Crippen molar-refractivity contribution in [3.8, 4) is 0 Å². The highest BCUT2D eigenvalue weighted by molar-refractivity contribution is 14.0. The average molecular weight is 504 g/mol. The maximum Gasteiger partial charge on any atom is 0.407 e. The van der Waals surface area contributed by atoms with E-state index in [0.717, 1.165) is 0 Å². The van der Waals surface area contributed by atoms with Crippen molar-refractivity contribution in [1.29, 1.82) is 0 Å². The van der Waals surface area contributed by atoms with Gasteiger partial charge in [0.15, 0.2) is 15.8 Å². The Hall–Kier alpha value is -0.780. The van der Waals surface area contributed by atoms with Gasteiger partial charge in [0.05, 0.1) is 10.5 Å². The molecule has 0 radical (unpaired) electrons. The molecule has 8 nitrogen and oxygen atoms in total. The fourth-order valence-electron chi connectivity index (χ4n) is 2.45. The number of amides is 1. The second-order valence-corrected chi connectivity index (χ2v) is 10.5. The van der Waals surface area contributed by atoms with Crippen LogP contribution in [0.4, 0.5) is 4.79 Å². The lowest BCUT2D eigenvalue weighted by Gasteiger charge is -2.39. The van der Waals surface area contributed by atoms with Crippen LogP contribution in [0.25, 0.3) is 0 Å². The highest BCUT2D eigenvalue weighted by atomic mass is 127. The van der Waals surface area contributed by atoms with E-state index >= 15 is 0 Å². The molecule has 0 aromatic carbocycles. The molecule has 0 unspecified atom stereocenters. The molecule has 0 spiro atoms. The Morgan fingerprint density at radius 2 is 1.81 bits per heavy atom. The van der Waals surface area contributed by atoms with Crippen LogP contribution >= 0.6 is 24.0 Å². The van der Waals surface area contributed by atoms with Crippen LogP contribution in [-0.2, 0) is 14.6 Å². The van der Waals surface area contributed by atoms with Crippen LogP contribution in [0.5, 0.6) is 0 Å². The summed E-state index contributed by atoms with van der Waals surface area (Å²) in [6, 6.07) is 0. The lowest BCUT2D eigenvalue weighted by molar-refractivity contribution is 0.0527. The number of rotatable bonds is 4. The predicted molar refractivity (Wildman–Crippen MR) is 115 cm³/mol. The molecule has 10 heteroatoms. The minimum Gasteiger partial charge on any atom is -0.444 e. The molecule has 0 aromatic heterocycles. The molecule has 154 valence electrons. The van der Waals surface area contributed by atoms with E-state index in [1.165, 1.54) is 0 Å². The van der Waals surface area contributed by atoms with E-state index in [4.69, 9.17) is 4.74 Å². The first-order valence-corrected chi connectivity index (χ1v) is 10.2. The third-order valence-electron chi connectivity index (χ3n) is 3.86. The first-order valence-electron chi connectivity index (χ1n) is 8.53. The molecule has 1 aliphatic heterocycles. The number of aliphatic imine (C=N–C) groups is 1. The van der Waals surface area contributed by atoms with E-state index in [9.17, 15) is 13.2 Å².